The third-order valence-corrected chi connectivity index (χ3v) is 3.22. The monoisotopic (exact) mass is 266 g/mol. The van der Waals surface area contributed by atoms with Crippen LogP contribution in [0.1, 0.15) is 43.1 Å². The molecular weight excluding hydrogens is 248 g/mol. The maximum absolute atomic E-state index is 12.3. The number of carbonyl (C=O) groups is 1. The van der Waals surface area contributed by atoms with E-state index in [9.17, 15) is 4.79 Å². The maximum atomic E-state index is 12.3. The topological polar surface area (TPSA) is 69.9 Å². The quantitative estimate of drug-likeness (QED) is 0.839. The van der Waals surface area contributed by atoms with Gasteiger partial charge in [0.15, 0.2) is 0 Å². The zero-order chi connectivity index (χ0) is 13.9. The molecule has 1 amide bonds. The van der Waals surface area contributed by atoms with Crippen molar-refractivity contribution in [3.05, 3.63) is 10.6 Å². The van der Waals surface area contributed by atoms with E-state index in [2.05, 4.69) is 15.7 Å². The second-order valence-corrected chi connectivity index (χ2v) is 6.17. The molecule has 1 aromatic heterocycles. The number of hydrogen-bond acceptors (Lipinski definition) is 5. The first kappa shape index (κ1) is 14.6. The van der Waals surface area contributed by atoms with Gasteiger partial charge in [0.1, 0.15) is 4.88 Å². The highest BCUT2D eigenvalue weighted by Gasteiger charge is 2.28. The maximum Gasteiger partial charge on any atom is 0.267 e. The van der Waals surface area contributed by atoms with Gasteiger partial charge in [0.25, 0.3) is 5.91 Å². The molecule has 0 spiro atoms. The summed E-state index contributed by atoms with van der Waals surface area (Å²) in [4.78, 5) is 14.4. The van der Waals surface area contributed by atoms with Gasteiger partial charge in [0.2, 0.25) is 0 Å². The van der Waals surface area contributed by atoms with Crippen molar-refractivity contribution in [1.29, 1.82) is 5.26 Å². The van der Waals surface area contributed by atoms with Gasteiger partial charge in [-0.05, 0) is 18.5 Å². The summed E-state index contributed by atoms with van der Waals surface area (Å²) < 4.78 is 3.87. The number of nitrogens with zero attached hydrogens (tertiary/aromatic N) is 4. The molecule has 1 aromatic rings. The molecule has 0 aliphatic carbocycles. The molecule has 0 saturated carbocycles. The smallest absolute Gasteiger partial charge is 0.267 e. The molecule has 1 rings (SSSR count). The number of carbonyl (C=O) groups excluding carboxylic acids is 1. The molecule has 98 valence electrons. The average molecular weight is 266 g/mol. The van der Waals surface area contributed by atoms with Crippen LogP contribution in [-0.2, 0) is 5.41 Å². The summed E-state index contributed by atoms with van der Waals surface area (Å²) >= 11 is 1.11. The minimum Gasteiger partial charge on any atom is -0.340 e. The summed E-state index contributed by atoms with van der Waals surface area (Å²) in [6, 6.07) is 2.12. The van der Waals surface area contributed by atoms with Crippen molar-refractivity contribution in [2.24, 2.45) is 5.92 Å². The Morgan fingerprint density at radius 3 is 2.67 bits per heavy atom. The van der Waals surface area contributed by atoms with Crippen LogP contribution in [0.25, 0.3) is 0 Å². The largest absolute Gasteiger partial charge is 0.340 e. The fraction of sp³-hybridized carbons (Fsp3) is 0.667. The molecule has 0 N–H and O–H groups in total. The Labute approximate surface area is 112 Å². The zero-order valence-corrected chi connectivity index (χ0v) is 12.2. The van der Waals surface area contributed by atoms with E-state index in [0.29, 0.717) is 17.1 Å². The van der Waals surface area contributed by atoms with Gasteiger partial charge in [-0.15, -0.1) is 5.10 Å². The molecule has 1 heterocycles. The lowest BCUT2D eigenvalue weighted by atomic mass is 9.91. The van der Waals surface area contributed by atoms with E-state index in [1.807, 2.05) is 20.8 Å². The van der Waals surface area contributed by atoms with E-state index in [1.165, 1.54) is 0 Å². The lowest BCUT2D eigenvalue weighted by Gasteiger charge is -2.20. The van der Waals surface area contributed by atoms with E-state index in [4.69, 9.17) is 5.26 Å². The van der Waals surface area contributed by atoms with Crippen molar-refractivity contribution in [2.75, 3.05) is 13.6 Å². The minimum atomic E-state index is -0.209. The molecule has 1 atom stereocenters. The second kappa shape index (κ2) is 5.44. The van der Waals surface area contributed by atoms with Crippen LogP contribution in [0, 0.1) is 17.2 Å². The standard InChI is InChI=1S/C12H18N4OS/c1-8(6-13)7-16(5)11(17)9-10(12(2,3)4)14-15-18-9/h8H,7H2,1-5H3. The molecular formula is C12H18N4OS. The molecule has 6 heteroatoms. The first-order chi connectivity index (χ1) is 8.27. The Morgan fingerprint density at radius 2 is 2.17 bits per heavy atom. The number of hydrogen-bond donors (Lipinski definition) is 0. The van der Waals surface area contributed by atoms with Gasteiger partial charge in [-0.25, -0.2) is 0 Å². The van der Waals surface area contributed by atoms with E-state index >= 15 is 0 Å². The summed E-state index contributed by atoms with van der Waals surface area (Å²) in [5.74, 6) is -0.296. The highest BCUT2D eigenvalue weighted by Crippen LogP contribution is 2.26. The molecule has 0 aliphatic heterocycles. The fourth-order valence-electron chi connectivity index (χ4n) is 1.53. The van der Waals surface area contributed by atoms with E-state index in [-0.39, 0.29) is 17.2 Å². The molecule has 0 saturated heterocycles. The summed E-state index contributed by atoms with van der Waals surface area (Å²) in [6.07, 6.45) is 0. The van der Waals surface area contributed by atoms with Crippen LogP contribution in [0.5, 0.6) is 0 Å². The van der Waals surface area contributed by atoms with Gasteiger partial charge in [0, 0.05) is 19.0 Å². The lowest BCUT2D eigenvalue weighted by Crippen LogP contribution is -2.31. The Morgan fingerprint density at radius 1 is 1.56 bits per heavy atom. The van der Waals surface area contributed by atoms with E-state index in [1.54, 1.807) is 18.9 Å². The van der Waals surface area contributed by atoms with Gasteiger partial charge < -0.3 is 4.90 Å². The van der Waals surface area contributed by atoms with Crippen molar-refractivity contribution in [3.8, 4) is 6.07 Å². The summed E-state index contributed by atoms with van der Waals surface area (Å²) in [6.45, 7) is 8.20. The van der Waals surface area contributed by atoms with Crippen LogP contribution < -0.4 is 0 Å². The van der Waals surface area contributed by atoms with Crippen LogP contribution in [0.4, 0.5) is 0 Å². The molecule has 0 bridgehead atoms. The molecule has 0 fully saturated rings. The Kier molecular flexibility index (Phi) is 4.41. The van der Waals surface area contributed by atoms with Crippen molar-refractivity contribution >= 4 is 17.4 Å². The van der Waals surface area contributed by atoms with Crippen LogP contribution in [0.15, 0.2) is 0 Å². The highest BCUT2D eigenvalue weighted by atomic mass is 32.1. The minimum absolute atomic E-state index is 0.114. The van der Waals surface area contributed by atoms with Gasteiger partial charge in [-0.3, -0.25) is 4.79 Å². The van der Waals surface area contributed by atoms with Crippen LogP contribution in [0.2, 0.25) is 0 Å². The third-order valence-electron chi connectivity index (χ3n) is 2.51. The van der Waals surface area contributed by atoms with Crippen LogP contribution in [-0.4, -0.2) is 34.0 Å². The number of amides is 1. The van der Waals surface area contributed by atoms with E-state index < -0.39 is 0 Å². The van der Waals surface area contributed by atoms with Crippen LogP contribution in [0.3, 0.4) is 0 Å². The predicted molar refractivity (Wildman–Crippen MR) is 70.3 cm³/mol. The number of aromatic nitrogens is 2. The van der Waals surface area contributed by atoms with Gasteiger partial charge >= 0.3 is 0 Å². The molecule has 5 nitrogen and oxygen atoms in total. The van der Waals surface area contributed by atoms with Crippen molar-refractivity contribution < 1.29 is 4.79 Å². The molecule has 0 aromatic carbocycles. The molecule has 1 unspecified atom stereocenters. The van der Waals surface area contributed by atoms with Crippen molar-refractivity contribution in [1.82, 2.24) is 14.5 Å². The Bertz CT molecular complexity index is 469. The molecule has 18 heavy (non-hydrogen) atoms. The summed E-state index contributed by atoms with van der Waals surface area (Å²) in [5.41, 5.74) is 0.508. The normalized spacial score (nSPS) is 12.9. The van der Waals surface area contributed by atoms with Crippen LogP contribution >= 0.6 is 11.5 Å². The fourth-order valence-corrected chi connectivity index (χ4v) is 2.40. The second-order valence-electron chi connectivity index (χ2n) is 5.42. The lowest BCUT2D eigenvalue weighted by molar-refractivity contribution is 0.0787. The van der Waals surface area contributed by atoms with Crippen molar-refractivity contribution in [2.45, 2.75) is 33.1 Å². The van der Waals surface area contributed by atoms with Gasteiger partial charge in [-0.2, -0.15) is 5.26 Å². The molecule has 0 aliphatic rings. The Hall–Kier alpha value is -1.48. The third kappa shape index (κ3) is 3.26. The SMILES string of the molecule is CC(C#N)CN(C)C(=O)c1snnc1C(C)(C)C. The molecule has 0 radical (unpaired) electrons. The van der Waals surface area contributed by atoms with E-state index in [0.717, 1.165) is 11.5 Å². The zero-order valence-electron chi connectivity index (χ0n) is 11.4. The van der Waals surface area contributed by atoms with Gasteiger partial charge in [-0.1, -0.05) is 25.3 Å². The highest BCUT2D eigenvalue weighted by molar-refractivity contribution is 7.08. The average Bonchev–Trinajstić information content (AvgIpc) is 2.76. The summed E-state index contributed by atoms with van der Waals surface area (Å²) in [7, 11) is 1.70. The first-order valence-electron chi connectivity index (χ1n) is 5.75. The van der Waals surface area contributed by atoms with Gasteiger partial charge in [0.05, 0.1) is 17.7 Å². The summed E-state index contributed by atoms with van der Waals surface area (Å²) in [5, 5.41) is 12.8. The predicted octanol–water partition coefficient (Wildman–Crippen LogP) is 2.07. The number of rotatable bonds is 3. The Balaban J connectivity index is 2.92. The van der Waals surface area contributed by atoms with Crippen molar-refractivity contribution in [3.63, 3.8) is 0 Å². The number of nitriles is 1. The first-order valence-corrected chi connectivity index (χ1v) is 6.52.